The van der Waals surface area contributed by atoms with Gasteiger partial charge in [0.15, 0.2) is 0 Å². The van der Waals surface area contributed by atoms with Gasteiger partial charge in [0, 0.05) is 31.2 Å². The minimum absolute atomic E-state index is 0.0599. The van der Waals surface area contributed by atoms with Crippen molar-refractivity contribution in [3.8, 4) is 0 Å². The quantitative estimate of drug-likeness (QED) is 0.867. The third kappa shape index (κ3) is 3.83. The van der Waals surface area contributed by atoms with Crippen LogP contribution in [0.15, 0.2) is 35.4 Å². The Morgan fingerprint density at radius 1 is 1.39 bits per heavy atom. The molecule has 0 saturated heterocycles. The number of hydrogen-bond donors (Lipinski definition) is 1. The molecule has 2 aromatic rings. The molecule has 0 spiro atoms. The van der Waals surface area contributed by atoms with Gasteiger partial charge >= 0.3 is 0 Å². The van der Waals surface area contributed by atoms with Gasteiger partial charge in [0.1, 0.15) is 11.3 Å². The molecule has 0 aliphatic carbocycles. The lowest BCUT2D eigenvalue weighted by atomic mass is 10.1. The van der Waals surface area contributed by atoms with Crippen LogP contribution in [0.25, 0.3) is 10.9 Å². The van der Waals surface area contributed by atoms with E-state index in [4.69, 9.17) is 4.74 Å². The number of amides is 1. The van der Waals surface area contributed by atoms with Gasteiger partial charge in [0.25, 0.3) is 10.0 Å². The highest BCUT2D eigenvalue weighted by Gasteiger charge is 2.24. The van der Waals surface area contributed by atoms with Gasteiger partial charge in [-0.3, -0.25) is 9.78 Å². The molecule has 0 fully saturated rings. The van der Waals surface area contributed by atoms with Crippen LogP contribution < -0.4 is 4.72 Å². The molecule has 0 aliphatic rings. The maximum Gasteiger partial charge on any atom is 0.264 e. The number of sulfonamides is 1. The summed E-state index contributed by atoms with van der Waals surface area (Å²) in [5.74, 6) is -1.79. The van der Waals surface area contributed by atoms with Crippen LogP contribution in [0.2, 0.25) is 0 Å². The van der Waals surface area contributed by atoms with Crippen molar-refractivity contribution in [1.29, 1.82) is 0 Å². The average molecular weight is 340 g/mol. The molecule has 0 bridgehead atoms. The Morgan fingerprint density at radius 3 is 2.83 bits per heavy atom. The van der Waals surface area contributed by atoms with Gasteiger partial charge in [-0.1, -0.05) is 6.92 Å². The minimum atomic E-state index is -4.12. The summed E-state index contributed by atoms with van der Waals surface area (Å²) < 4.78 is 45.5. The number of fused-ring (bicyclic) bond motifs is 1. The second-order valence-electron chi connectivity index (χ2n) is 5.10. The van der Waals surface area contributed by atoms with Gasteiger partial charge in [-0.25, -0.2) is 17.5 Å². The van der Waals surface area contributed by atoms with Crippen molar-refractivity contribution < 1.29 is 22.3 Å². The molecule has 0 aliphatic heterocycles. The number of methoxy groups -OCH3 is 1. The molecular weight excluding hydrogens is 323 g/mol. The predicted molar refractivity (Wildman–Crippen MR) is 82.7 cm³/mol. The molecule has 0 saturated carbocycles. The molecule has 1 unspecified atom stereocenters. The summed E-state index contributed by atoms with van der Waals surface area (Å²) in [4.78, 5) is 15.7. The van der Waals surface area contributed by atoms with Crippen LogP contribution in [0, 0.1) is 11.7 Å². The normalized spacial score (nSPS) is 13.0. The van der Waals surface area contributed by atoms with Crippen molar-refractivity contribution in [2.75, 3.05) is 13.7 Å². The van der Waals surface area contributed by atoms with Gasteiger partial charge in [-0.05, 0) is 30.7 Å². The monoisotopic (exact) mass is 340 g/mol. The zero-order valence-electron chi connectivity index (χ0n) is 12.7. The fraction of sp³-hybridized carbons (Fsp3) is 0.333. The standard InChI is InChI=1S/C15H17FN2O4S/c1-10(7-9-22-2)15(19)18-23(20,21)13-6-5-12(16)14-11(13)4-3-8-17-14/h3-6,8,10H,7,9H2,1-2H3,(H,18,19). The van der Waals surface area contributed by atoms with Crippen LogP contribution in [-0.4, -0.2) is 33.0 Å². The number of ether oxygens (including phenoxy) is 1. The van der Waals surface area contributed by atoms with Gasteiger partial charge in [-0.15, -0.1) is 0 Å². The van der Waals surface area contributed by atoms with Crippen molar-refractivity contribution in [1.82, 2.24) is 9.71 Å². The number of rotatable bonds is 6. The molecule has 1 N–H and O–H groups in total. The first-order valence-corrected chi connectivity index (χ1v) is 8.44. The third-order valence-corrected chi connectivity index (χ3v) is 4.81. The van der Waals surface area contributed by atoms with Gasteiger partial charge in [-0.2, -0.15) is 0 Å². The van der Waals surface area contributed by atoms with E-state index in [0.29, 0.717) is 13.0 Å². The lowest BCUT2D eigenvalue weighted by molar-refractivity contribution is -0.123. The van der Waals surface area contributed by atoms with Crippen LogP contribution in [0.5, 0.6) is 0 Å². The van der Waals surface area contributed by atoms with Crippen molar-refractivity contribution in [3.63, 3.8) is 0 Å². The van der Waals surface area contributed by atoms with Crippen molar-refractivity contribution in [2.45, 2.75) is 18.2 Å². The number of carbonyl (C=O) groups excluding carboxylic acids is 1. The number of pyridine rings is 1. The van der Waals surface area contributed by atoms with E-state index in [9.17, 15) is 17.6 Å². The summed E-state index contributed by atoms with van der Waals surface area (Å²) in [6, 6.07) is 5.08. The summed E-state index contributed by atoms with van der Waals surface area (Å²) in [5, 5.41) is 0.123. The van der Waals surface area contributed by atoms with Crippen LogP contribution in [0.4, 0.5) is 4.39 Å². The molecule has 0 radical (unpaired) electrons. The molecule has 1 aromatic heterocycles. The Bertz CT molecular complexity index is 823. The topological polar surface area (TPSA) is 85.4 Å². The summed E-state index contributed by atoms with van der Waals surface area (Å²) in [6.45, 7) is 1.95. The highest BCUT2D eigenvalue weighted by molar-refractivity contribution is 7.90. The van der Waals surface area contributed by atoms with E-state index in [2.05, 4.69) is 4.98 Å². The van der Waals surface area contributed by atoms with Crippen LogP contribution >= 0.6 is 0 Å². The van der Waals surface area contributed by atoms with E-state index in [-0.39, 0.29) is 15.8 Å². The van der Waals surface area contributed by atoms with E-state index in [1.54, 1.807) is 6.92 Å². The fourth-order valence-corrected chi connectivity index (χ4v) is 3.34. The summed E-state index contributed by atoms with van der Waals surface area (Å²) >= 11 is 0. The molecule has 23 heavy (non-hydrogen) atoms. The molecule has 1 heterocycles. The zero-order valence-corrected chi connectivity index (χ0v) is 13.6. The number of carbonyl (C=O) groups is 1. The first-order chi connectivity index (χ1) is 10.9. The number of nitrogens with zero attached hydrogens (tertiary/aromatic N) is 1. The predicted octanol–water partition coefficient (Wildman–Crippen LogP) is 1.85. The number of aromatic nitrogens is 1. The highest BCUT2D eigenvalue weighted by Crippen LogP contribution is 2.23. The molecule has 124 valence electrons. The van der Waals surface area contributed by atoms with Crippen molar-refractivity contribution in [3.05, 3.63) is 36.3 Å². The third-order valence-electron chi connectivity index (χ3n) is 3.41. The second-order valence-corrected chi connectivity index (χ2v) is 6.75. The largest absolute Gasteiger partial charge is 0.385 e. The number of benzene rings is 1. The zero-order chi connectivity index (χ0) is 17.0. The molecular formula is C15H17FN2O4S. The molecule has 1 aromatic carbocycles. The average Bonchev–Trinajstić information content (AvgIpc) is 2.52. The second kappa shape index (κ2) is 7.01. The smallest absolute Gasteiger partial charge is 0.264 e. The van der Waals surface area contributed by atoms with E-state index >= 15 is 0 Å². The van der Waals surface area contributed by atoms with E-state index < -0.39 is 27.7 Å². The summed E-state index contributed by atoms with van der Waals surface area (Å²) in [6.07, 6.45) is 1.76. The first-order valence-electron chi connectivity index (χ1n) is 6.95. The van der Waals surface area contributed by atoms with Gasteiger partial charge in [0.05, 0.1) is 4.90 Å². The van der Waals surface area contributed by atoms with E-state index in [1.165, 1.54) is 25.4 Å². The maximum absolute atomic E-state index is 13.7. The number of halogens is 1. The Morgan fingerprint density at radius 2 is 2.13 bits per heavy atom. The lowest BCUT2D eigenvalue weighted by Gasteiger charge is -2.13. The molecule has 1 amide bonds. The number of hydrogen-bond acceptors (Lipinski definition) is 5. The van der Waals surface area contributed by atoms with Crippen molar-refractivity contribution >= 4 is 26.8 Å². The fourth-order valence-electron chi connectivity index (χ4n) is 2.06. The summed E-state index contributed by atoms with van der Waals surface area (Å²) in [5.41, 5.74) is -0.0599. The Balaban J connectivity index is 2.34. The number of nitrogens with one attached hydrogen (secondary N) is 1. The minimum Gasteiger partial charge on any atom is -0.385 e. The maximum atomic E-state index is 13.7. The molecule has 8 heteroatoms. The van der Waals surface area contributed by atoms with Crippen LogP contribution in [0.3, 0.4) is 0 Å². The van der Waals surface area contributed by atoms with E-state index in [0.717, 1.165) is 12.1 Å². The van der Waals surface area contributed by atoms with Crippen LogP contribution in [-0.2, 0) is 19.6 Å². The molecule has 1 atom stereocenters. The van der Waals surface area contributed by atoms with Crippen LogP contribution in [0.1, 0.15) is 13.3 Å². The van der Waals surface area contributed by atoms with Crippen molar-refractivity contribution in [2.24, 2.45) is 5.92 Å². The van der Waals surface area contributed by atoms with Gasteiger partial charge in [0.2, 0.25) is 5.91 Å². The first kappa shape index (κ1) is 17.3. The SMILES string of the molecule is COCCC(C)C(=O)NS(=O)(=O)c1ccc(F)c2ncccc12. The Kier molecular flexibility index (Phi) is 5.27. The van der Waals surface area contributed by atoms with E-state index in [1.807, 2.05) is 4.72 Å². The summed E-state index contributed by atoms with van der Waals surface area (Å²) in [7, 11) is -2.62. The molecule has 2 rings (SSSR count). The lowest BCUT2D eigenvalue weighted by Crippen LogP contribution is -2.35. The molecule has 6 nitrogen and oxygen atoms in total. The van der Waals surface area contributed by atoms with Gasteiger partial charge < -0.3 is 4.74 Å². The Labute approximate surface area is 133 Å². The highest BCUT2D eigenvalue weighted by atomic mass is 32.2. The Hall–Kier alpha value is -2.06.